The molecule has 1 atom stereocenters. The summed E-state index contributed by atoms with van der Waals surface area (Å²) < 4.78 is 5.25. The van der Waals surface area contributed by atoms with Crippen LogP contribution >= 0.6 is 11.8 Å². The summed E-state index contributed by atoms with van der Waals surface area (Å²) >= 11 is 1.39. The molecule has 2 rings (SSSR count). The first-order chi connectivity index (χ1) is 9.73. The zero-order valence-electron chi connectivity index (χ0n) is 11.3. The van der Waals surface area contributed by atoms with Crippen molar-refractivity contribution in [2.45, 2.75) is 17.6 Å². The Morgan fingerprint density at radius 2 is 2.35 bits per heavy atom. The normalized spacial score (nSPS) is 17.5. The van der Waals surface area contributed by atoms with Crippen LogP contribution in [0.15, 0.2) is 23.3 Å². The number of thioether (sulfide) groups is 1. The van der Waals surface area contributed by atoms with Gasteiger partial charge in [0.25, 0.3) is 0 Å². The number of nitrogen functional groups attached to an aromatic ring is 1. The van der Waals surface area contributed by atoms with Gasteiger partial charge in [0.05, 0.1) is 6.10 Å². The molecule has 20 heavy (non-hydrogen) atoms. The molecule has 6 nitrogen and oxygen atoms in total. The standard InChI is InChI=1S/C13H15N5OS/c1-19-9-5-3-8(4-6-9)11-16-12(18-15)10(7-14)13(17-11)20-2/h3-5,9H,6,15H2,1-2H3,(H,16,17,18). The lowest BCUT2D eigenvalue weighted by Gasteiger charge is -2.15. The maximum Gasteiger partial charge on any atom is 0.163 e. The van der Waals surface area contributed by atoms with Crippen molar-refractivity contribution in [2.75, 3.05) is 18.8 Å². The Kier molecular flexibility index (Phi) is 4.74. The molecule has 0 fully saturated rings. The minimum Gasteiger partial charge on any atom is -0.377 e. The van der Waals surface area contributed by atoms with Crippen LogP contribution in [0.1, 0.15) is 17.8 Å². The van der Waals surface area contributed by atoms with Gasteiger partial charge in [-0.05, 0) is 12.7 Å². The number of hydrazine groups is 1. The molecule has 3 N–H and O–H groups in total. The maximum atomic E-state index is 9.15. The average molecular weight is 289 g/mol. The van der Waals surface area contributed by atoms with E-state index in [0.717, 1.165) is 12.0 Å². The van der Waals surface area contributed by atoms with E-state index in [1.807, 2.05) is 24.5 Å². The number of hydrogen-bond acceptors (Lipinski definition) is 7. The Bertz CT molecular complexity index is 580. The maximum absolute atomic E-state index is 9.15. The van der Waals surface area contributed by atoms with Crippen LogP contribution < -0.4 is 11.3 Å². The highest BCUT2D eigenvalue weighted by Gasteiger charge is 2.16. The highest BCUT2D eigenvalue weighted by Crippen LogP contribution is 2.27. The fourth-order valence-corrected chi connectivity index (χ4v) is 2.39. The smallest absolute Gasteiger partial charge is 0.163 e. The molecule has 0 saturated carbocycles. The summed E-state index contributed by atoms with van der Waals surface area (Å²) in [5.41, 5.74) is 3.72. The lowest BCUT2D eigenvalue weighted by molar-refractivity contribution is 0.143. The second kappa shape index (κ2) is 6.52. The van der Waals surface area contributed by atoms with Crippen LogP contribution in [-0.4, -0.2) is 29.4 Å². The van der Waals surface area contributed by atoms with Gasteiger partial charge in [-0.3, -0.25) is 0 Å². The number of anilines is 1. The summed E-state index contributed by atoms with van der Waals surface area (Å²) in [5.74, 6) is 6.32. The second-order valence-corrected chi connectivity index (χ2v) is 4.86. The number of nitriles is 1. The number of rotatable bonds is 4. The SMILES string of the molecule is COC1C=CC(c2nc(NN)c(C#N)c(SC)n2)=CC1. The van der Waals surface area contributed by atoms with Gasteiger partial charge in [-0.1, -0.05) is 18.2 Å². The fourth-order valence-electron chi connectivity index (χ4n) is 1.86. The summed E-state index contributed by atoms with van der Waals surface area (Å²) in [6.07, 6.45) is 8.61. The fraction of sp³-hybridized carbons (Fsp3) is 0.308. The molecule has 0 bridgehead atoms. The van der Waals surface area contributed by atoms with Crippen molar-refractivity contribution in [2.24, 2.45) is 5.84 Å². The van der Waals surface area contributed by atoms with E-state index in [-0.39, 0.29) is 6.10 Å². The molecule has 1 aliphatic carbocycles. The number of nitrogens with zero attached hydrogens (tertiary/aromatic N) is 3. The number of allylic oxidation sites excluding steroid dienone is 2. The zero-order chi connectivity index (χ0) is 14.5. The van der Waals surface area contributed by atoms with Gasteiger partial charge >= 0.3 is 0 Å². The van der Waals surface area contributed by atoms with Gasteiger partial charge in [-0.15, -0.1) is 11.8 Å². The highest BCUT2D eigenvalue weighted by atomic mass is 32.2. The van der Waals surface area contributed by atoms with Gasteiger partial charge in [-0.2, -0.15) is 5.26 Å². The van der Waals surface area contributed by atoms with Crippen molar-refractivity contribution in [3.63, 3.8) is 0 Å². The third-order valence-electron chi connectivity index (χ3n) is 2.94. The molecule has 1 aliphatic rings. The number of hydrogen-bond donors (Lipinski definition) is 2. The number of nitrogens with two attached hydrogens (primary N) is 1. The summed E-state index contributed by atoms with van der Waals surface area (Å²) in [6.45, 7) is 0. The number of aromatic nitrogens is 2. The Balaban J connectivity index is 2.42. The summed E-state index contributed by atoms with van der Waals surface area (Å²) in [6, 6.07) is 2.07. The molecule has 104 valence electrons. The largest absolute Gasteiger partial charge is 0.377 e. The van der Waals surface area contributed by atoms with Gasteiger partial charge in [0.1, 0.15) is 16.7 Å². The van der Waals surface area contributed by atoms with Crippen molar-refractivity contribution in [1.82, 2.24) is 9.97 Å². The molecule has 0 radical (unpaired) electrons. The van der Waals surface area contributed by atoms with Gasteiger partial charge < -0.3 is 10.2 Å². The van der Waals surface area contributed by atoms with E-state index in [1.54, 1.807) is 7.11 Å². The topological polar surface area (TPSA) is 96.9 Å². The Morgan fingerprint density at radius 1 is 1.55 bits per heavy atom. The van der Waals surface area contributed by atoms with E-state index in [2.05, 4.69) is 21.5 Å². The van der Waals surface area contributed by atoms with E-state index in [1.165, 1.54) is 11.8 Å². The summed E-state index contributed by atoms with van der Waals surface area (Å²) in [5, 5.41) is 9.75. The van der Waals surface area contributed by atoms with E-state index in [9.17, 15) is 0 Å². The van der Waals surface area contributed by atoms with Gasteiger partial charge in [-0.25, -0.2) is 15.8 Å². The Hall–Kier alpha value is -1.88. The van der Waals surface area contributed by atoms with Crippen molar-refractivity contribution < 1.29 is 4.74 Å². The number of ether oxygens (including phenoxy) is 1. The van der Waals surface area contributed by atoms with E-state index in [4.69, 9.17) is 15.8 Å². The van der Waals surface area contributed by atoms with Crippen LogP contribution in [-0.2, 0) is 4.74 Å². The van der Waals surface area contributed by atoms with Crippen molar-refractivity contribution in [3.8, 4) is 6.07 Å². The third kappa shape index (κ3) is 2.82. The Morgan fingerprint density at radius 3 is 2.85 bits per heavy atom. The van der Waals surface area contributed by atoms with Crippen molar-refractivity contribution >= 4 is 23.2 Å². The third-order valence-corrected chi connectivity index (χ3v) is 3.62. The van der Waals surface area contributed by atoms with Crippen LogP contribution in [0.5, 0.6) is 0 Å². The molecule has 1 aromatic rings. The lowest BCUT2D eigenvalue weighted by atomic mass is 10.0. The molecule has 0 spiro atoms. The molecule has 1 heterocycles. The predicted octanol–water partition coefficient (Wildman–Crippen LogP) is 1.71. The molecule has 1 unspecified atom stereocenters. The monoisotopic (exact) mass is 289 g/mol. The first kappa shape index (κ1) is 14.5. The van der Waals surface area contributed by atoms with Gasteiger partial charge in [0, 0.05) is 12.7 Å². The minimum atomic E-state index is 0.0873. The van der Waals surface area contributed by atoms with E-state index >= 15 is 0 Å². The molecule has 0 saturated heterocycles. The second-order valence-electron chi connectivity index (χ2n) is 4.06. The minimum absolute atomic E-state index is 0.0873. The lowest BCUT2D eigenvalue weighted by Crippen LogP contribution is -2.14. The average Bonchev–Trinajstić information content (AvgIpc) is 2.53. The quantitative estimate of drug-likeness (QED) is 0.377. The summed E-state index contributed by atoms with van der Waals surface area (Å²) in [4.78, 5) is 8.72. The number of methoxy groups -OCH3 is 1. The zero-order valence-corrected chi connectivity index (χ0v) is 12.1. The van der Waals surface area contributed by atoms with Crippen molar-refractivity contribution in [3.05, 3.63) is 29.6 Å². The molecule has 1 aromatic heterocycles. The number of nitrogens with one attached hydrogen (secondary N) is 1. The highest BCUT2D eigenvalue weighted by molar-refractivity contribution is 7.98. The molecular weight excluding hydrogens is 274 g/mol. The molecule has 0 aliphatic heterocycles. The van der Waals surface area contributed by atoms with Crippen LogP contribution in [0.4, 0.5) is 5.82 Å². The molecule has 0 aromatic carbocycles. The van der Waals surface area contributed by atoms with Crippen LogP contribution in [0, 0.1) is 11.3 Å². The van der Waals surface area contributed by atoms with Crippen molar-refractivity contribution in [1.29, 1.82) is 5.26 Å². The van der Waals surface area contributed by atoms with E-state index in [0.29, 0.717) is 22.2 Å². The molecule has 7 heteroatoms. The summed E-state index contributed by atoms with van der Waals surface area (Å²) in [7, 11) is 1.67. The van der Waals surface area contributed by atoms with Gasteiger partial charge in [0.2, 0.25) is 0 Å². The predicted molar refractivity (Wildman–Crippen MR) is 78.9 cm³/mol. The van der Waals surface area contributed by atoms with Crippen LogP contribution in [0.2, 0.25) is 0 Å². The molecular formula is C13H15N5OS. The Labute approximate surface area is 121 Å². The first-order valence-corrected chi connectivity index (χ1v) is 7.20. The van der Waals surface area contributed by atoms with Crippen LogP contribution in [0.25, 0.3) is 5.57 Å². The molecule has 0 amide bonds. The van der Waals surface area contributed by atoms with E-state index < -0.39 is 0 Å². The first-order valence-electron chi connectivity index (χ1n) is 5.97. The van der Waals surface area contributed by atoms with Gasteiger partial charge in [0.15, 0.2) is 11.6 Å². The van der Waals surface area contributed by atoms with Crippen LogP contribution in [0.3, 0.4) is 0 Å².